The average Bonchev–Trinajstić information content (AvgIpc) is 2.86. The third-order valence-electron chi connectivity index (χ3n) is 3.22. The van der Waals surface area contributed by atoms with Gasteiger partial charge in [-0.05, 0) is 46.8 Å². The first-order chi connectivity index (χ1) is 8.63. The van der Waals surface area contributed by atoms with E-state index in [0.29, 0.717) is 19.6 Å². The summed E-state index contributed by atoms with van der Waals surface area (Å²) in [7, 11) is 0. The zero-order valence-corrected chi connectivity index (χ0v) is 11.3. The lowest BCUT2D eigenvalue weighted by atomic mass is 9.94. The Morgan fingerprint density at radius 2 is 2.28 bits per heavy atom. The second-order valence-electron chi connectivity index (χ2n) is 4.44. The summed E-state index contributed by atoms with van der Waals surface area (Å²) < 4.78 is 33.2. The Bertz CT molecular complexity index is 425. The first-order valence-corrected chi connectivity index (χ1v) is 6.60. The van der Waals surface area contributed by atoms with Gasteiger partial charge in [0.1, 0.15) is 11.6 Å². The van der Waals surface area contributed by atoms with Crippen LogP contribution in [0.15, 0.2) is 16.6 Å². The maximum Gasteiger partial charge on any atom is 0.145 e. The fraction of sp³-hybridized carbons (Fsp3) is 0.500. The number of rotatable bonds is 4. The Hall–Kier alpha value is -0.560. The SMILES string of the molecule is NNC(CC1CCOC1)c1c(F)ccc(Br)c1F. The Labute approximate surface area is 113 Å². The van der Waals surface area contributed by atoms with E-state index in [-0.39, 0.29) is 16.0 Å². The monoisotopic (exact) mass is 320 g/mol. The fourth-order valence-electron chi connectivity index (χ4n) is 2.23. The van der Waals surface area contributed by atoms with Gasteiger partial charge in [-0.3, -0.25) is 11.3 Å². The molecule has 0 saturated carbocycles. The number of benzene rings is 1. The molecule has 2 unspecified atom stereocenters. The molecule has 0 bridgehead atoms. The van der Waals surface area contributed by atoms with Crippen molar-refractivity contribution < 1.29 is 13.5 Å². The van der Waals surface area contributed by atoms with E-state index in [1.165, 1.54) is 12.1 Å². The van der Waals surface area contributed by atoms with Crippen molar-refractivity contribution in [2.45, 2.75) is 18.9 Å². The van der Waals surface area contributed by atoms with Crippen molar-refractivity contribution >= 4 is 15.9 Å². The molecule has 100 valence electrons. The Morgan fingerprint density at radius 3 is 2.89 bits per heavy atom. The molecule has 1 aromatic rings. The lowest BCUT2D eigenvalue weighted by Gasteiger charge is -2.21. The number of halogens is 3. The molecule has 0 aromatic heterocycles. The lowest BCUT2D eigenvalue weighted by Crippen LogP contribution is -2.31. The largest absolute Gasteiger partial charge is 0.381 e. The van der Waals surface area contributed by atoms with E-state index in [0.717, 1.165) is 6.42 Å². The van der Waals surface area contributed by atoms with E-state index in [1.807, 2.05) is 0 Å². The minimum Gasteiger partial charge on any atom is -0.381 e. The fourth-order valence-corrected chi connectivity index (χ4v) is 2.58. The van der Waals surface area contributed by atoms with Gasteiger partial charge in [0.2, 0.25) is 0 Å². The van der Waals surface area contributed by atoms with Gasteiger partial charge >= 0.3 is 0 Å². The molecule has 0 aliphatic carbocycles. The highest BCUT2D eigenvalue weighted by atomic mass is 79.9. The average molecular weight is 321 g/mol. The molecule has 2 rings (SSSR count). The molecule has 1 saturated heterocycles. The van der Waals surface area contributed by atoms with Crippen molar-refractivity contribution in [2.24, 2.45) is 11.8 Å². The van der Waals surface area contributed by atoms with Crippen LogP contribution in [0.25, 0.3) is 0 Å². The van der Waals surface area contributed by atoms with Gasteiger partial charge in [-0.1, -0.05) is 0 Å². The van der Waals surface area contributed by atoms with Crippen LogP contribution in [0.3, 0.4) is 0 Å². The van der Waals surface area contributed by atoms with Gasteiger partial charge in [-0.25, -0.2) is 8.78 Å². The van der Waals surface area contributed by atoms with E-state index < -0.39 is 17.7 Å². The van der Waals surface area contributed by atoms with Gasteiger partial charge in [0, 0.05) is 18.8 Å². The molecule has 1 fully saturated rings. The number of hydrazine groups is 1. The number of hydrogen-bond donors (Lipinski definition) is 2. The number of ether oxygens (including phenoxy) is 1. The smallest absolute Gasteiger partial charge is 0.145 e. The summed E-state index contributed by atoms with van der Waals surface area (Å²) in [5.74, 6) is 4.53. The van der Waals surface area contributed by atoms with Gasteiger partial charge in [0.05, 0.1) is 10.5 Å². The molecule has 2 atom stereocenters. The predicted octanol–water partition coefficient (Wildman–Crippen LogP) is 2.66. The third kappa shape index (κ3) is 2.88. The predicted molar refractivity (Wildman–Crippen MR) is 67.7 cm³/mol. The Morgan fingerprint density at radius 1 is 1.50 bits per heavy atom. The van der Waals surface area contributed by atoms with Crippen LogP contribution < -0.4 is 11.3 Å². The summed E-state index contributed by atoms with van der Waals surface area (Å²) in [5, 5.41) is 0. The molecule has 0 radical (unpaired) electrons. The van der Waals surface area contributed by atoms with E-state index >= 15 is 0 Å². The first kappa shape index (κ1) is 13.9. The highest BCUT2D eigenvalue weighted by Crippen LogP contribution is 2.31. The summed E-state index contributed by atoms with van der Waals surface area (Å²) in [6.45, 7) is 1.32. The highest BCUT2D eigenvalue weighted by molar-refractivity contribution is 9.10. The van der Waals surface area contributed by atoms with E-state index in [2.05, 4.69) is 21.4 Å². The van der Waals surface area contributed by atoms with Crippen molar-refractivity contribution in [2.75, 3.05) is 13.2 Å². The van der Waals surface area contributed by atoms with E-state index in [9.17, 15) is 8.78 Å². The highest BCUT2D eigenvalue weighted by Gasteiger charge is 2.26. The second-order valence-corrected chi connectivity index (χ2v) is 5.30. The van der Waals surface area contributed by atoms with Crippen LogP contribution in [0.1, 0.15) is 24.4 Å². The molecule has 6 heteroatoms. The Balaban J connectivity index is 2.23. The van der Waals surface area contributed by atoms with Crippen molar-refractivity contribution in [3.8, 4) is 0 Å². The molecule has 0 amide bonds. The summed E-state index contributed by atoms with van der Waals surface area (Å²) in [5.41, 5.74) is 2.48. The molecule has 1 aliphatic rings. The molecule has 1 heterocycles. The normalized spacial score (nSPS) is 21.2. The summed E-state index contributed by atoms with van der Waals surface area (Å²) in [6, 6.07) is 2.03. The van der Waals surface area contributed by atoms with Crippen LogP contribution in [-0.4, -0.2) is 13.2 Å². The summed E-state index contributed by atoms with van der Waals surface area (Å²) in [4.78, 5) is 0. The molecular formula is C12H15BrF2N2O. The van der Waals surface area contributed by atoms with E-state index in [4.69, 9.17) is 10.6 Å². The van der Waals surface area contributed by atoms with Crippen molar-refractivity contribution in [1.29, 1.82) is 0 Å². The molecule has 3 nitrogen and oxygen atoms in total. The van der Waals surface area contributed by atoms with Crippen LogP contribution >= 0.6 is 15.9 Å². The van der Waals surface area contributed by atoms with Crippen LogP contribution in [0.2, 0.25) is 0 Å². The number of hydrogen-bond acceptors (Lipinski definition) is 3. The molecule has 0 spiro atoms. The number of nitrogens with two attached hydrogens (primary N) is 1. The zero-order chi connectivity index (χ0) is 13.1. The van der Waals surface area contributed by atoms with Crippen molar-refractivity contribution in [1.82, 2.24) is 5.43 Å². The molecular weight excluding hydrogens is 306 g/mol. The quantitative estimate of drug-likeness (QED) is 0.509. The van der Waals surface area contributed by atoms with Crippen molar-refractivity contribution in [3.63, 3.8) is 0 Å². The second kappa shape index (κ2) is 6.06. The van der Waals surface area contributed by atoms with E-state index in [1.54, 1.807) is 0 Å². The molecule has 1 aromatic carbocycles. The maximum absolute atomic E-state index is 14.0. The molecule has 3 N–H and O–H groups in total. The number of nitrogens with one attached hydrogen (secondary N) is 1. The van der Waals surface area contributed by atoms with Gasteiger partial charge in [-0.2, -0.15) is 0 Å². The minimum absolute atomic E-state index is 0.0150. The van der Waals surface area contributed by atoms with Gasteiger partial charge < -0.3 is 4.74 Å². The van der Waals surface area contributed by atoms with Gasteiger partial charge in [0.25, 0.3) is 0 Å². The minimum atomic E-state index is -0.600. The topological polar surface area (TPSA) is 47.3 Å². The van der Waals surface area contributed by atoms with Gasteiger partial charge in [0.15, 0.2) is 0 Å². The van der Waals surface area contributed by atoms with Crippen LogP contribution in [0.4, 0.5) is 8.78 Å². The molecule has 18 heavy (non-hydrogen) atoms. The summed E-state index contributed by atoms with van der Waals surface area (Å²) in [6.07, 6.45) is 1.45. The first-order valence-electron chi connectivity index (χ1n) is 5.80. The van der Waals surface area contributed by atoms with Crippen molar-refractivity contribution in [3.05, 3.63) is 33.8 Å². The summed E-state index contributed by atoms with van der Waals surface area (Å²) >= 11 is 3.06. The van der Waals surface area contributed by atoms with Crippen LogP contribution in [0.5, 0.6) is 0 Å². The zero-order valence-electron chi connectivity index (χ0n) is 9.76. The van der Waals surface area contributed by atoms with Crippen LogP contribution in [0, 0.1) is 17.6 Å². The lowest BCUT2D eigenvalue weighted by molar-refractivity contribution is 0.181. The van der Waals surface area contributed by atoms with Gasteiger partial charge in [-0.15, -0.1) is 0 Å². The van der Waals surface area contributed by atoms with Crippen LogP contribution in [-0.2, 0) is 4.74 Å². The standard InChI is InChI=1S/C12H15BrF2N2O/c13-8-1-2-9(14)11(12(8)15)10(17-16)5-7-3-4-18-6-7/h1-2,7,10,17H,3-6,16H2. The third-order valence-corrected chi connectivity index (χ3v) is 3.83. The molecule has 1 aliphatic heterocycles. The maximum atomic E-state index is 14.0. The Kier molecular flexibility index (Phi) is 4.66.